The Kier molecular flexibility index (Phi) is 5.44. The summed E-state index contributed by atoms with van der Waals surface area (Å²) in [6.45, 7) is 2.37. The summed E-state index contributed by atoms with van der Waals surface area (Å²) in [4.78, 5) is 0. The van der Waals surface area contributed by atoms with Gasteiger partial charge in [0.05, 0.1) is 21.3 Å². The van der Waals surface area contributed by atoms with Gasteiger partial charge in [-0.25, -0.2) is 0 Å². The number of aliphatic hydroxyl groups excluding tert-OH is 1. The third-order valence-electron chi connectivity index (χ3n) is 3.23. The zero-order valence-electron chi connectivity index (χ0n) is 12.0. The van der Waals surface area contributed by atoms with Gasteiger partial charge in [0, 0.05) is 18.6 Å². The molecule has 1 rings (SSSR count). The number of methoxy groups -OCH3 is 3. The van der Waals surface area contributed by atoms with Crippen molar-refractivity contribution in [2.45, 2.75) is 13.3 Å². The van der Waals surface area contributed by atoms with Crippen LogP contribution in [-0.4, -0.2) is 39.6 Å². The van der Waals surface area contributed by atoms with E-state index < -0.39 is 0 Å². The number of nitrogens with two attached hydrogens (primary N) is 1. The normalized spacial score (nSPS) is 13.8. The van der Waals surface area contributed by atoms with Crippen molar-refractivity contribution in [3.05, 3.63) is 17.7 Å². The van der Waals surface area contributed by atoms with Crippen molar-refractivity contribution in [3.8, 4) is 17.2 Å². The van der Waals surface area contributed by atoms with Gasteiger partial charge in [-0.1, -0.05) is 6.92 Å². The number of rotatable bonds is 7. The average molecular weight is 269 g/mol. The molecule has 5 nitrogen and oxygen atoms in total. The van der Waals surface area contributed by atoms with E-state index in [2.05, 4.69) is 0 Å². The van der Waals surface area contributed by atoms with Crippen molar-refractivity contribution < 1.29 is 19.3 Å². The Bertz CT molecular complexity index is 391. The Hall–Kier alpha value is -1.46. The maximum Gasteiger partial charge on any atom is 0.203 e. The minimum absolute atomic E-state index is 0.0279. The van der Waals surface area contributed by atoms with E-state index in [1.807, 2.05) is 19.1 Å². The molecule has 1 aromatic rings. The van der Waals surface area contributed by atoms with E-state index in [9.17, 15) is 5.11 Å². The molecule has 0 heterocycles. The molecule has 5 heteroatoms. The monoisotopic (exact) mass is 269 g/mol. The Balaban J connectivity index is 3.16. The highest BCUT2D eigenvalue weighted by Crippen LogP contribution is 2.39. The Labute approximate surface area is 114 Å². The molecule has 0 aliphatic carbocycles. The van der Waals surface area contributed by atoms with Gasteiger partial charge in [-0.05, 0) is 24.1 Å². The molecule has 19 heavy (non-hydrogen) atoms. The highest BCUT2D eigenvalue weighted by molar-refractivity contribution is 5.54. The Morgan fingerprint density at radius 1 is 1.11 bits per heavy atom. The number of hydrogen-bond donors (Lipinski definition) is 2. The van der Waals surface area contributed by atoms with Crippen LogP contribution >= 0.6 is 0 Å². The minimum atomic E-state index is -0.357. The van der Waals surface area contributed by atoms with Gasteiger partial charge in [-0.15, -0.1) is 0 Å². The smallest absolute Gasteiger partial charge is 0.203 e. The molecule has 1 aromatic carbocycles. The summed E-state index contributed by atoms with van der Waals surface area (Å²) in [5.41, 5.74) is 6.34. The van der Waals surface area contributed by atoms with Gasteiger partial charge in [-0.3, -0.25) is 0 Å². The maximum atomic E-state index is 9.43. The van der Waals surface area contributed by atoms with Crippen LogP contribution in [0, 0.1) is 5.41 Å². The molecule has 0 amide bonds. The highest BCUT2D eigenvalue weighted by Gasteiger charge is 2.24. The van der Waals surface area contributed by atoms with Crippen LogP contribution in [0.15, 0.2) is 12.1 Å². The van der Waals surface area contributed by atoms with E-state index in [4.69, 9.17) is 19.9 Å². The van der Waals surface area contributed by atoms with E-state index in [1.54, 1.807) is 21.3 Å². The van der Waals surface area contributed by atoms with Gasteiger partial charge in [-0.2, -0.15) is 0 Å². The molecule has 0 saturated heterocycles. The molecular weight excluding hydrogens is 246 g/mol. The van der Waals surface area contributed by atoms with Gasteiger partial charge < -0.3 is 25.1 Å². The molecule has 0 fully saturated rings. The fraction of sp³-hybridized carbons (Fsp3) is 0.571. The quantitative estimate of drug-likeness (QED) is 0.778. The van der Waals surface area contributed by atoms with Crippen LogP contribution in [0.2, 0.25) is 0 Å². The summed E-state index contributed by atoms with van der Waals surface area (Å²) in [5, 5.41) is 9.43. The second-order valence-corrected chi connectivity index (χ2v) is 4.88. The number of ether oxygens (including phenoxy) is 3. The fourth-order valence-electron chi connectivity index (χ4n) is 1.92. The molecule has 0 aromatic heterocycles. The van der Waals surface area contributed by atoms with Crippen LogP contribution in [0.3, 0.4) is 0 Å². The second-order valence-electron chi connectivity index (χ2n) is 4.88. The Morgan fingerprint density at radius 3 is 1.95 bits per heavy atom. The lowest BCUT2D eigenvalue weighted by Gasteiger charge is -2.26. The lowest BCUT2D eigenvalue weighted by Crippen LogP contribution is -2.33. The number of hydrogen-bond acceptors (Lipinski definition) is 5. The van der Waals surface area contributed by atoms with Crippen LogP contribution in [0.1, 0.15) is 12.5 Å². The lowest BCUT2D eigenvalue weighted by atomic mass is 9.84. The molecule has 0 radical (unpaired) electrons. The van der Waals surface area contributed by atoms with Crippen LogP contribution in [-0.2, 0) is 6.42 Å². The van der Waals surface area contributed by atoms with Gasteiger partial charge in [0.15, 0.2) is 11.5 Å². The van der Waals surface area contributed by atoms with Gasteiger partial charge in [0.25, 0.3) is 0 Å². The van der Waals surface area contributed by atoms with E-state index in [-0.39, 0.29) is 12.0 Å². The predicted molar refractivity (Wildman–Crippen MR) is 74.0 cm³/mol. The van der Waals surface area contributed by atoms with E-state index in [0.717, 1.165) is 5.56 Å². The molecule has 0 aliphatic heterocycles. The average Bonchev–Trinajstić information content (AvgIpc) is 2.45. The third-order valence-corrected chi connectivity index (χ3v) is 3.23. The Morgan fingerprint density at radius 2 is 1.63 bits per heavy atom. The summed E-state index contributed by atoms with van der Waals surface area (Å²) in [7, 11) is 4.72. The first-order valence-electron chi connectivity index (χ1n) is 6.13. The second kappa shape index (κ2) is 6.63. The van der Waals surface area contributed by atoms with Crippen molar-refractivity contribution >= 4 is 0 Å². The van der Waals surface area contributed by atoms with Crippen molar-refractivity contribution in [1.29, 1.82) is 0 Å². The van der Waals surface area contributed by atoms with E-state index >= 15 is 0 Å². The lowest BCUT2D eigenvalue weighted by molar-refractivity contribution is 0.149. The SMILES string of the molecule is COc1cc(CC(C)(CN)CO)cc(OC)c1OC. The summed E-state index contributed by atoms with van der Waals surface area (Å²) < 4.78 is 15.9. The standard InChI is InChI=1S/C14H23NO4/c1-14(8-15,9-16)7-10-5-11(17-2)13(19-4)12(6-10)18-3/h5-6,16H,7-9,15H2,1-4H3. The molecule has 1 atom stereocenters. The molecule has 1 unspecified atom stereocenters. The number of aliphatic hydroxyl groups is 1. The first-order chi connectivity index (χ1) is 9.03. The summed E-state index contributed by atoms with van der Waals surface area (Å²) in [6.07, 6.45) is 0.636. The summed E-state index contributed by atoms with van der Waals surface area (Å²) in [6, 6.07) is 3.76. The third kappa shape index (κ3) is 3.52. The molecule has 108 valence electrons. The highest BCUT2D eigenvalue weighted by atomic mass is 16.5. The van der Waals surface area contributed by atoms with Crippen molar-refractivity contribution in [2.24, 2.45) is 11.1 Å². The van der Waals surface area contributed by atoms with Crippen molar-refractivity contribution in [1.82, 2.24) is 0 Å². The zero-order valence-corrected chi connectivity index (χ0v) is 12.0. The van der Waals surface area contributed by atoms with Crippen molar-refractivity contribution in [3.63, 3.8) is 0 Å². The fourth-order valence-corrected chi connectivity index (χ4v) is 1.92. The van der Waals surface area contributed by atoms with Gasteiger partial charge in [0.1, 0.15) is 0 Å². The topological polar surface area (TPSA) is 73.9 Å². The molecule has 0 saturated carbocycles. The molecule has 0 bridgehead atoms. The van der Waals surface area contributed by atoms with Crippen LogP contribution in [0.5, 0.6) is 17.2 Å². The van der Waals surface area contributed by atoms with Gasteiger partial charge in [0.2, 0.25) is 5.75 Å². The first-order valence-corrected chi connectivity index (χ1v) is 6.13. The zero-order chi connectivity index (χ0) is 14.5. The van der Waals surface area contributed by atoms with Crippen molar-refractivity contribution in [2.75, 3.05) is 34.5 Å². The maximum absolute atomic E-state index is 9.43. The largest absolute Gasteiger partial charge is 0.493 e. The predicted octanol–water partition coefficient (Wildman–Crippen LogP) is 1.21. The van der Waals surface area contributed by atoms with Crippen LogP contribution in [0.4, 0.5) is 0 Å². The van der Waals surface area contributed by atoms with E-state index in [1.165, 1.54) is 0 Å². The molecule has 3 N–H and O–H groups in total. The van der Waals surface area contributed by atoms with E-state index in [0.29, 0.717) is 30.2 Å². The molecule has 0 spiro atoms. The van der Waals surface area contributed by atoms with Crippen LogP contribution < -0.4 is 19.9 Å². The van der Waals surface area contributed by atoms with Gasteiger partial charge >= 0.3 is 0 Å². The van der Waals surface area contributed by atoms with Crippen LogP contribution in [0.25, 0.3) is 0 Å². The molecular formula is C14H23NO4. The summed E-state index contributed by atoms with van der Waals surface area (Å²) >= 11 is 0. The minimum Gasteiger partial charge on any atom is -0.493 e. The number of benzene rings is 1. The first kappa shape index (κ1) is 15.6. The summed E-state index contributed by atoms with van der Waals surface area (Å²) in [5.74, 6) is 1.77. The molecule has 0 aliphatic rings.